The van der Waals surface area contributed by atoms with E-state index in [2.05, 4.69) is 15.7 Å². The van der Waals surface area contributed by atoms with Crippen LogP contribution in [0.1, 0.15) is 51.3 Å². The van der Waals surface area contributed by atoms with Crippen molar-refractivity contribution >= 4 is 28.2 Å². The number of aliphatic hydroxyl groups excluding tert-OH is 1. The van der Waals surface area contributed by atoms with Crippen LogP contribution < -0.4 is 16.4 Å². The van der Waals surface area contributed by atoms with Crippen LogP contribution in [0.4, 0.5) is 18.2 Å². The van der Waals surface area contributed by atoms with E-state index in [4.69, 9.17) is 10.8 Å². The van der Waals surface area contributed by atoms with E-state index in [1.165, 1.54) is 17.5 Å². The van der Waals surface area contributed by atoms with Gasteiger partial charge in [0.25, 0.3) is 5.91 Å². The lowest BCUT2D eigenvalue weighted by molar-refractivity contribution is -0.142. The Hall–Kier alpha value is -2.44. The zero-order chi connectivity index (χ0) is 22.6. The first-order valence-corrected chi connectivity index (χ1v) is 10.7. The van der Waals surface area contributed by atoms with Crippen molar-refractivity contribution in [3.63, 3.8) is 0 Å². The SMILES string of the molecule is NC(=O)c1c(NC(=O)Cn2cc(CNCCCO)c(C(F)(F)F)n2)sc2c1CCCC2. The van der Waals surface area contributed by atoms with E-state index in [0.29, 0.717) is 30.0 Å². The third-order valence-electron chi connectivity index (χ3n) is 4.91. The molecule has 2 amide bonds. The molecule has 2 aromatic rings. The fourth-order valence-electron chi connectivity index (χ4n) is 3.57. The number of anilines is 1. The molecule has 2 heterocycles. The van der Waals surface area contributed by atoms with Crippen LogP contribution in [0.5, 0.6) is 0 Å². The molecular weight excluding hydrogens is 435 g/mol. The lowest BCUT2D eigenvalue weighted by atomic mass is 9.95. The van der Waals surface area contributed by atoms with Gasteiger partial charge in [0.2, 0.25) is 5.91 Å². The van der Waals surface area contributed by atoms with E-state index in [1.54, 1.807) is 0 Å². The third kappa shape index (κ3) is 5.63. The Labute approximate surface area is 180 Å². The molecule has 31 heavy (non-hydrogen) atoms. The summed E-state index contributed by atoms with van der Waals surface area (Å²) in [7, 11) is 0. The molecule has 5 N–H and O–H groups in total. The summed E-state index contributed by atoms with van der Waals surface area (Å²) in [6, 6.07) is 0. The molecular formula is C19H24F3N5O3S. The quantitative estimate of drug-likeness (QED) is 0.428. The van der Waals surface area contributed by atoms with Crippen LogP contribution >= 0.6 is 11.3 Å². The molecule has 0 saturated carbocycles. The molecule has 0 aliphatic heterocycles. The fourth-order valence-corrected chi connectivity index (χ4v) is 4.88. The number of nitrogens with one attached hydrogen (secondary N) is 2. The van der Waals surface area contributed by atoms with Crippen molar-refractivity contribution in [2.24, 2.45) is 5.73 Å². The van der Waals surface area contributed by atoms with Gasteiger partial charge in [0, 0.05) is 29.8 Å². The van der Waals surface area contributed by atoms with Gasteiger partial charge in [0.05, 0.1) is 5.56 Å². The van der Waals surface area contributed by atoms with Gasteiger partial charge >= 0.3 is 6.18 Å². The summed E-state index contributed by atoms with van der Waals surface area (Å²) in [5.41, 5.74) is 5.48. The normalized spacial score (nSPS) is 13.8. The number of nitrogens with two attached hydrogens (primary N) is 1. The van der Waals surface area contributed by atoms with Crippen molar-refractivity contribution in [3.05, 3.63) is 33.5 Å². The highest BCUT2D eigenvalue weighted by Gasteiger charge is 2.37. The van der Waals surface area contributed by atoms with Crippen molar-refractivity contribution in [2.45, 2.75) is 51.4 Å². The van der Waals surface area contributed by atoms with Gasteiger partial charge < -0.3 is 21.5 Å². The number of hydrogen-bond acceptors (Lipinski definition) is 6. The lowest BCUT2D eigenvalue weighted by Gasteiger charge is -2.11. The minimum Gasteiger partial charge on any atom is -0.396 e. The molecule has 0 bridgehead atoms. The number of rotatable bonds is 9. The topological polar surface area (TPSA) is 122 Å². The van der Waals surface area contributed by atoms with Gasteiger partial charge in [-0.05, 0) is 44.2 Å². The first-order valence-electron chi connectivity index (χ1n) is 9.90. The monoisotopic (exact) mass is 459 g/mol. The summed E-state index contributed by atoms with van der Waals surface area (Å²) < 4.78 is 40.8. The van der Waals surface area contributed by atoms with Gasteiger partial charge in [-0.25, -0.2) is 0 Å². The van der Waals surface area contributed by atoms with Gasteiger partial charge in [-0.1, -0.05) is 0 Å². The molecule has 0 fully saturated rings. The summed E-state index contributed by atoms with van der Waals surface area (Å²) in [6.07, 6.45) is 0.342. The van der Waals surface area contributed by atoms with Crippen LogP contribution in [-0.2, 0) is 36.9 Å². The van der Waals surface area contributed by atoms with Gasteiger partial charge in [-0.2, -0.15) is 18.3 Å². The minimum absolute atomic E-state index is 0.0714. The Morgan fingerprint density at radius 1 is 1.29 bits per heavy atom. The number of primary amides is 1. The number of thiophene rings is 1. The first kappa shape index (κ1) is 23.2. The van der Waals surface area contributed by atoms with Crippen LogP contribution in [0.3, 0.4) is 0 Å². The van der Waals surface area contributed by atoms with Crippen LogP contribution in [0.25, 0.3) is 0 Å². The Bertz CT molecular complexity index is 954. The Morgan fingerprint density at radius 2 is 2.03 bits per heavy atom. The maximum Gasteiger partial charge on any atom is 0.435 e. The molecule has 3 rings (SSSR count). The van der Waals surface area contributed by atoms with Crippen LogP contribution in [0, 0.1) is 0 Å². The first-order chi connectivity index (χ1) is 14.7. The van der Waals surface area contributed by atoms with Gasteiger partial charge in [-0.3, -0.25) is 14.3 Å². The number of aryl methyl sites for hydroxylation is 1. The molecule has 2 aromatic heterocycles. The Balaban J connectivity index is 1.74. The van der Waals surface area contributed by atoms with Crippen molar-refractivity contribution in [2.75, 3.05) is 18.5 Å². The van der Waals surface area contributed by atoms with Crippen molar-refractivity contribution in [1.29, 1.82) is 0 Å². The van der Waals surface area contributed by atoms with E-state index in [0.717, 1.165) is 34.4 Å². The average Bonchev–Trinajstić information content (AvgIpc) is 3.25. The largest absolute Gasteiger partial charge is 0.435 e. The second-order valence-corrected chi connectivity index (χ2v) is 8.38. The second-order valence-electron chi connectivity index (χ2n) is 7.28. The zero-order valence-electron chi connectivity index (χ0n) is 16.7. The van der Waals surface area contributed by atoms with Gasteiger partial charge in [0.1, 0.15) is 11.5 Å². The smallest absolute Gasteiger partial charge is 0.396 e. The van der Waals surface area contributed by atoms with E-state index in [1.807, 2.05) is 0 Å². The third-order valence-corrected chi connectivity index (χ3v) is 6.12. The van der Waals surface area contributed by atoms with E-state index < -0.39 is 30.2 Å². The molecule has 0 radical (unpaired) electrons. The van der Waals surface area contributed by atoms with Crippen LogP contribution in [0.2, 0.25) is 0 Å². The van der Waals surface area contributed by atoms with E-state index in [-0.39, 0.29) is 18.7 Å². The Kier molecular flexibility index (Phi) is 7.34. The summed E-state index contributed by atoms with van der Waals surface area (Å²) in [5, 5.41) is 18.1. The predicted octanol–water partition coefficient (Wildman–Crippen LogP) is 2.05. The highest BCUT2D eigenvalue weighted by Crippen LogP contribution is 2.38. The average molecular weight is 459 g/mol. The second kappa shape index (κ2) is 9.79. The molecule has 0 unspecified atom stereocenters. The maximum absolute atomic E-state index is 13.3. The summed E-state index contributed by atoms with van der Waals surface area (Å²) >= 11 is 1.28. The van der Waals surface area contributed by atoms with Crippen LogP contribution in [-0.4, -0.2) is 39.9 Å². The molecule has 12 heteroatoms. The fraction of sp³-hybridized carbons (Fsp3) is 0.526. The molecule has 0 saturated heterocycles. The highest BCUT2D eigenvalue weighted by molar-refractivity contribution is 7.17. The molecule has 170 valence electrons. The summed E-state index contributed by atoms with van der Waals surface area (Å²) in [6.45, 7) is -0.267. The maximum atomic E-state index is 13.3. The van der Waals surface area contributed by atoms with Crippen molar-refractivity contribution in [1.82, 2.24) is 15.1 Å². The van der Waals surface area contributed by atoms with Gasteiger partial charge in [-0.15, -0.1) is 11.3 Å². The minimum atomic E-state index is -4.67. The predicted molar refractivity (Wildman–Crippen MR) is 109 cm³/mol. The van der Waals surface area contributed by atoms with Crippen molar-refractivity contribution in [3.8, 4) is 0 Å². The number of amides is 2. The number of alkyl halides is 3. The van der Waals surface area contributed by atoms with E-state index in [9.17, 15) is 22.8 Å². The number of aromatic nitrogens is 2. The number of fused-ring (bicyclic) bond motifs is 1. The van der Waals surface area contributed by atoms with Gasteiger partial charge in [0.15, 0.2) is 5.69 Å². The number of carbonyl (C=O) groups is 2. The highest BCUT2D eigenvalue weighted by atomic mass is 32.1. The number of halogens is 3. The lowest BCUT2D eigenvalue weighted by Crippen LogP contribution is -2.22. The number of carbonyl (C=O) groups excluding carboxylic acids is 2. The number of aliphatic hydroxyl groups is 1. The van der Waals surface area contributed by atoms with Crippen molar-refractivity contribution < 1.29 is 27.9 Å². The molecule has 1 aliphatic rings. The number of nitrogens with zero attached hydrogens (tertiary/aromatic N) is 2. The number of hydrogen-bond donors (Lipinski definition) is 4. The van der Waals surface area contributed by atoms with E-state index >= 15 is 0 Å². The molecule has 0 spiro atoms. The van der Waals surface area contributed by atoms with Crippen LogP contribution in [0.15, 0.2) is 6.20 Å². The summed E-state index contributed by atoms with van der Waals surface area (Å²) in [5.74, 6) is -1.23. The molecule has 0 atom stereocenters. The molecule has 8 nitrogen and oxygen atoms in total. The standard InChI is InChI=1S/C19H24F3N5O3S/c20-19(21,22)16-11(8-24-6-3-7-28)9-27(26-16)10-14(29)25-18-15(17(23)30)12-4-1-2-5-13(12)31-18/h9,24,28H,1-8,10H2,(H2,23,30)(H,25,29). The zero-order valence-corrected chi connectivity index (χ0v) is 17.5. The summed E-state index contributed by atoms with van der Waals surface area (Å²) in [4.78, 5) is 25.4. The molecule has 0 aromatic carbocycles. The Morgan fingerprint density at radius 3 is 2.71 bits per heavy atom. The molecule has 1 aliphatic carbocycles.